The van der Waals surface area contributed by atoms with E-state index in [4.69, 9.17) is 9.98 Å². The second kappa shape index (κ2) is 9.74. The van der Waals surface area contributed by atoms with E-state index in [-0.39, 0.29) is 11.8 Å². The molecule has 0 aliphatic carbocycles. The number of hydrogen-bond donors (Lipinski definition) is 1. The lowest BCUT2D eigenvalue weighted by Crippen LogP contribution is -2.41. The van der Waals surface area contributed by atoms with Gasteiger partial charge in [0.15, 0.2) is 11.2 Å². The number of para-hydroxylation sites is 1. The van der Waals surface area contributed by atoms with Crippen molar-refractivity contribution >= 4 is 46.0 Å². The molecule has 2 aliphatic heterocycles. The number of amidine groups is 2. The van der Waals surface area contributed by atoms with Crippen molar-refractivity contribution in [2.45, 2.75) is 45.4 Å². The Morgan fingerprint density at radius 3 is 2.39 bits per heavy atom. The van der Waals surface area contributed by atoms with Gasteiger partial charge in [-0.25, -0.2) is 14.9 Å². The van der Waals surface area contributed by atoms with Crippen molar-refractivity contribution < 1.29 is 9.59 Å². The predicted octanol–water partition coefficient (Wildman–Crippen LogP) is 6.09. The molecule has 2 aliphatic rings. The highest BCUT2D eigenvalue weighted by atomic mass is 32.2. The summed E-state index contributed by atoms with van der Waals surface area (Å²) in [7, 11) is 0. The number of amides is 2. The number of nitrogens with zero attached hydrogens (tertiary/aromatic N) is 3. The zero-order valence-corrected chi connectivity index (χ0v) is 21.6. The van der Waals surface area contributed by atoms with Gasteiger partial charge in [-0.2, -0.15) is 0 Å². The summed E-state index contributed by atoms with van der Waals surface area (Å²) in [5.41, 5.74) is 6.45. The molecule has 3 aromatic carbocycles. The molecular formula is C29H28N4O2S. The van der Waals surface area contributed by atoms with Crippen LogP contribution in [0.2, 0.25) is 0 Å². The molecule has 0 unspecified atom stereocenters. The van der Waals surface area contributed by atoms with Crippen molar-refractivity contribution in [1.29, 1.82) is 0 Å². The largest absolute Gasteiger partial charge is 0.325 e. The SMILES string of the molecule is CC[C@H](SC1=Nc2ccccc2C2=N[C@@H](c3ccccc3)C(=O)N12)C(=O)Nc1c(C)cc(C)cc1C. The van der Waals surface area contributed by atoms with Gasteiger partial charge in [-0.05, 0) is 56.0 Å². The minimum atomic E-state index is -0.634. The van der Waals surface area contributed by atoms with Crippen LogP contribution in [0, 0.1) is 20.8 Å². The minimum absolute atomic E-state index is 0.108. The van der Waals surface area contributed by atoms with Crippen molar-refractivity contribution in [2.24, 2.45) is 9.98 Å². The summed E-state index contributed by atoms with van der Waals surface area (Å²) < 4.78 is 0. The van der Waals surface area contributed by atoms with E-state index in [1.807, 2.05) is 82.3 Å². The third kappa shape index (κ3) is 4.35. The maximum absolute atomic E-state index is 13.6. The van der Waals surface area contributed by atoms with E-state index in [1.54, 1.807) is 4.90 Å². The van der Waals surface area contributed by atoms with Gasteiger partial charge >= 0.3 is 0 Å². The highest BCUT2D eigenvalue weighted by molar-refractivity contribution is 8.15. The number of rotatable bonds is 5. The van der Waals surface area contributed by atoms with Crippen LogP contribution < -0.4 is 5.32 Å². The van der Waals surface area contributed by atoms with Crippen LogP contribution >= 0.6 is 11.8 Å². The van der Waals surface area contributed by atoms with Gasteiger partial charge in [0.2, 0.25) is 5.91 Å². The number of aryl methyl sites for hydroxylation is 3. The van der Waals surface area contributed by atoms with E-state index in [1.165, 1.54) is 11.8 Å². The monoisotopic (exact) mass is 496 g/mol. The average molecular weight is 497 g/mol. The lowest BCUT2D eigenvalue weighted by Gasteiger charge is -2.27. The third-order valence-corrected chi connectivity index (χ3v) is 7.74. The third-order valence-electron chi connectivity index (χ3n) is 6.42. The average Bonchev–Trinajstić information content (AvgIpc) is 3.22. The first kappa shape index (κ1) is 24.0. The van der Waals surface area contributed by atoms with Crippen LogP contribution in [0.1, 0.15) is 47.2 Å². The normalized spacial score (nSPS) is 17.2. The Morgan fingerprint density at radius 2 is 1.69 bits per heavy atom. The summed E-state index contributed by atoms with van der Waals surface area (Å²) in [4.78, 5) is 38.2. The molecule has 2 amide bonds. The van der Waals surface area contributed by atoms with Gasteiger partial charge in [0.05, 0.1) is 10.9 Å². The number of fused-ring (bicyclic) bond motifs is 3. The smallest absolute Gasteiger partial charge is 0.263 e. The number of benzene rings is 3. The quantitative estimate of drug-likeness (QED) is 0.464. The molecule has 0 fully saturated rings. The Morgan fingerprint density at radius 1 is 1.03 bits per heavy atom. The Bertz CT molecular complexity index is 1390. The lowest BCUT2D eigenvalue weighted by atomic mass is 10.0. The summed E-state index contributed by atoms with van der Waals surface area (Å²) in [5, 5.41) is 3.17. The Hall–Kier alpha value is -3.71. The molecule has 2 atom stereocenters. The van der Waals surface area contributed by atoms with Crippen LogP contribution in [0.15, 0.2) is 76.7 Å². The molecule has 1 N–H and O–H groups in total. The molecular weight excluding hydrogens is 468 g/mol. The molecule has 0 radical (unpaired) electrons. The van der Waals surface area contributed by atoms with Gasteiger partial charge < -0.3 is 5.32 Å². The van der Waals surface area contributed by atoms with E-state index in [2.05, 4.69) is 17.4 Å². The zero-order chi connectivity index (χ0) is 25.4. The number of hydrogen-bond acceptors (Lipinski definition) is 5. The van der Waals surface area contributed by atoms with Crippen LogP contribution in [0.4, 0.5) is 11.4 Å². The molecule has 36 heavy (non-hydrogen) atoms. The van der Waals surface area contributed by atoms with Crippen LogP contribution in [0.25, 0.3) is 0 Å². The molecule has 0 bridgehead atoms. The van der Waals surface area contributed by atoms with Gasteiger partial charge in [0.25, 0.3) is 5.91 Å². The van der Waals surface area contributed by atoms with E-state index in [9.17, 15) is 9.59 Å². The van der Waals surface area contributed by atoms with Crippen LogP contribution in [-0.2, 0) is 9.59 Å². The molecule has 2 heterocycles. The molecule has 0 aromatic heterocycles. The molecule has 7 heteroatoms. The highest BCUT2D eigenvalue weighted by Gasteiger charge is 2.43. The molecule has 0 saturated carbocycles. The maximum Gasteiger partial charge on any atom is 0.263 e. The van der Waals surface area contributed by atoms with Crippen LogP contribution in [0.3, 0.4) is 0 Å². The predicted molar refractivity (Wildman–Crippen MR) is 147 cm³/mol. The second-order valence-corrected chi connectivity index (χ2v) is 10.3. The number of anilines is 1. The standard InChI is InChI=1S/C29H28N4O2S/c1-5-23(27(34)32-24-18(3)15-17(2)16-19(24)4)36-29-30-22-14-10-9-13-21(22)26-31-25(28(35)33(26)29)20-11-7-6-8-12-20/h6-16,23,25H,5H2,1-4H3,(H,32,34)/t23-,25-/m0/s1. The second-order valence-electron chi connectivity index (χ2n) is 9.13. The van der Waals surface area contributed by atoms with Gasteiger partial charge in [-0.3, -0.25) is 9.59 Å². The fraction of sp³-hybridized carbons (Fsp3) is 0.241. The van der Waals surface area contributed by atoms with E-state index in [0.29, 0.717) is 17.4 Å². The number of thioether (sulfide) groups is 1. The Balaban J connectivity index is 1.46. The van der Waals surface area contributed by atoms with Crippen molar-refractivity contribution in [1.82, 2.24) is 4.90 Å². The van der Waals surface area contributed by atoms with Gasteiger partial charge in [-0.1, -0.05) is 78.8 Å². The minimum Gasteiger partial charge on any atom is -0.325 e. The number of aliphatic imine (C=N–C) groups is 2. The first-order chi connectivity index (χ1) is 17.4. The van der Waals surface area contributed by atoms with Crippen molar-refractivity contribution in [2.75, 3.05) is 5.32 Å². The Labute approximate surface area is 215 Å². The molecule has 6 nitrogen and oxygen atoms in total. The van der Waals surface area contributed by atoms with E-state index in [0.717, 1.165) is 39.2 Å². The van der Waals surface area contributed by atoms with E-state index < -0.39 is 11.3 Å². The summed E-state index contributed by atoms with van der Waals surface area (Å²) in [5.74, 6) is 0.323. The van der Waals surface area contributed by atoms with Crippen molar-refractivity contribution in [3.05, 3.63) is 94.5 Å². The zero-order valence-electron chi connectivity index (χ0n) is 20.8. The molecule has 0 spiro atoms. The summed E-state index contributed by atoms with van der Waals surface area (Å²) in [6.07, 6.45) is 0.581. The van der Waals surface area contributed by atoms with Crippen molar-refractivity contribution in [3.8, 4) is 0 Å². The number of carbonyl (C=O) groups excluding carboxylic acids is 2. The summed E-state index contributed by atoms with van der Waals surface area (Å²) in [6, 6.07) is 20.7. The van der Waals surface area contributed by atoms with Gasteiger partial charge in [0, 0.05) is 11.3 Å². The van der Waals surface area contributed by atoms with Gasteiger partial charge in [0.1, 0.15) is 5.84 Å². The Kier molecular flexibility index (Phi) is 6.49. The number of carbonyl (C=O) groups is 2. The first-order valence-electron chi connectivity index (χ1n) is 12.1. The molecule has 182 valence electrons. The number of nitrogens with one attached hydrogen (secondary N) is 1. The first-order valence-corrected chi connectivity index (χ1v) is 13.0. The van der Waals surface area contributed by atoms with E-state index >= 15 is 0 Å². The fourth-order valence-corrected chi connectivity index (χ4v) is 5.73. The fourth-order valence-electron chi connectivity index (χ4n) is 4.71. The topological polar surface area (TPSA) is 74.1 Å². The summed E-state index contributed by atoms with van der Waals surface area (Å²) >= 11 is 1.31. The van der Waals surface area contributed by atoms with Crippen LogP contribution in [-0.4, -0.2) is 33.0 Å². The molecule has 0 saturated heterocycles. The molecule has 3 aromatic rings. The lowest BCUT2D eigenvalue weighted by molar-refractivity contribution is -0.124. The maximum atomic E-state index is 13.6. The molecule has 5 rings (SSSR count). The van der Waals surface area contributed by atoms with Crippen molar-refractivity contribution in [3.63, 3.8) is 0 Å². The van der Waals surface area contributed by atoms with Gasteiger partial charge in [-0.15, -0.1) is 0 Å². The van der Waals surface area contributed by atoms with Crippen LogP contribution in [0.5, 0.6) is 0 Å². The highest BCUT2D eigenvalue weighted by Crippen LogP contribution is 2.39. The summed E-state index contributed by atoms with van der Waals surface area (Å²) in [6.45, 7) is 8.02.